The van der Waals surface area contributed by atoms with Gasteiger partial charge in [0.25, 0.3) is 0 Å². The summed E-state index contributed by atoms with van der Waals surface area (Å²) in [6.45, 7) is 5.37. The monoisotopic (exact) mass is 383 g/mol. The zero-order valence-corrected chi connectivity index (χ0v) is 16.5. The number of likely N-dealkylation sites (N-methyl/N-ethyl adjacent to an activating group) is 1. The van der Waals surface area contributed by atoms with Crippen LogP contribution in [0, 0.1) is 18.4 Å². The molecule has 1 aliphatic rings. The fourth-order valence-corrected chi connectivity index (χ4v) is 2.14. The van der Waals surface area contributed by atoms with Crippen LogP contribution in [0.2, 0.25) is 0 Å². The maximum Gasteiger partial charge on any atom is 0.117 e. The Labute approximate surface area is 163 Å². The summed E-state index contributed by atoms with van der Waals surface area (Å²) in [7, 11) is 3.62. The molecule has 0 saturated heterocycles. The molecule has 2 rings (SSSR count). The van der Waals surface area contributed by atoms with Crippen molar-refractivity contribution in [2.45, 2.75) is 6.42 Å². The predicted octanol–water partition coefficient (Wildman–Crippen LogP) is 3.26. The number of nitrogens with zero attached hydrogens (tertiary/aromatic N) is 1. The van der Waals surface area contributed by atoms with Crippen molar-refractivity contribution in [3.05, 3.63) is 59.8 Å². The largest absolute Gasteiger partial charge is 0.494 e. The third-order valence-electron chi connectivity index (χ3n) is 3.45. The van der Waals surface area contributed by atoms with Gasteiger partial charge in [0.1, 0.15) is 5.75 Å². The van der Waals surface area contributed by atoms with Gasteiger partial charge in [-0.1, -0.05) is 23.4 Å². The maximum atomic E-state index is 5.65. The molecule has 0 bridgehead atoms. The van der Waals surface area contributed by atoms with Crippen LogP contribution < -0.4 is 4.74 Å². The van der Waals surface area contributed by atoms with Gasteiger partial charge in [0, 0.05) is 59.9 Å². The number of allylic oxidation sites excluding steroid dienone is 3. The number of ether oxygens (including phenoxy) is 2. The third kappa shape index (κ3) is 5.07. The van der Waals surface area contributed by atoms with Gasteiger partial charge in [-0.2, -0.15) is 12.2 Å². The molecule has 117 valence electrons. The number of methoxy groups -OCH3 is 1. The molecule has 0 amide bonds. The number of hydrogen-bond acceptors (Lipinski definition) is 3. The Morgan fingerprint density at radius 3 is 2.57 bits per heavy atom. The van der Waals surface area contributed by atoms with Crippen LogP contribution in [-0.4, -0.2) is 32.3 Å². The molecule has 0 saturated carbocycles. The van der Waals surface area contributed by atoms with Crippen LogP contribution in [0.15, 0.2) is 48.2 Å². The summed E-state index contributed by atoms with van der Waals surface area (Å²) in [5.41, 5.74) is 3.54. The SMILES string of the molecule is C#CC1=C[C-]=C(c2ccc(OCCCOC)cc2)N(C)C1=C.[Y]. The van der Waals surface area contributed by atoms with Crippen molar-refractivity contribution in [2.75, 3.05) is 27.4 Å². The Hall–Kier alpha value is -1.34. The van der Waals surface area contributed by atoms with Crippen molar-refractivity contribution in [2.24, 2.45) is 0 Å². The van der Waals surface area contributed by atoms with Crippen LogP contribution in [0.5, 0.6) is 5.75 Å². The standard InChI is InChI=1S/C19H20NO2.Y/c1-5-16-9-12-19(20(3)15(16)2)17-7-10-18(11-8-17)22-14-6-13-21-4;/h1,7-11H,2,6,13-14H2,3-4H3;/q-1;. The third-order valence-corrected chi connectivity index (χ3v) is 3.45. The Morgan fingerprint density at radius 2 is 1.96 bits per heavy atom. The van der Waals surface area contributed by atoms with Crippen LogP contribution >= 0.6 is 0 Å². The van der Waals surface area contributed by atoms with Crippen molar-refractivity contribution in [1.29, 1.82) is 0 Å². The van der Waals surface area contributed by atoms with Gasteiger partial charge in [0.15, 0.2) is 0 Å². The van der Waals surface area contributed by atoms with Crippen LogP contribution in [0.25, 0.3) is 5.70 Å². The maximum absolute atomic E-state index is 5.65. The van der Waals surface area contributed by atoms with E-state index in [1.807, 2.05) is 36.2 Å². The molecule has 1 aliphatic heterocycles. The minimum atomic E-state index is 0. The average Bonchev–Trinajstić information content (AvgIpc) is 2.55. The zero-order chi connectivity index (χ0) is 15.9. The van der Waals surface area contributed by atoms with Crippen molar-refractivity contribution in [3.8, 4) is 18.1 Å². The summed E-state index contributed by atoms with van der Waals surface area (Å²) in [5.74, 6) is 3.46. The second-order valence-corrected chi connectivity index (χ2v) is 4.92. The topological polar surface area (TPSA) is 21.7 Å². The van der Waals surface area contributed by atoms with E-state index < -0.39 is 0 Å². The number of terminal acetylenes is 1. The van der Waals surface area contributed by atoms with Gasteiger partial charge in [0.05, 0.1) is 6.61 Å². The van der Waals surface area contributed by atoms with E-state index in [9.17, 15) is 0 Å². The first-order valence-electron chi connectivity index (χ1n) is 7.13. The molecule has 23 heavy (non-hydrogen) atoms. The number of hydrogen-bond donors (Lipinski definition) is 0. The normalized spacial score (nSPS) is 13.6. The van der Waals surface area contributed by atoms with Gasteiger partial charge in [-0.3, -0.25) is 0 Å². The quantitative estimate of drug-likeness (QED) is 0.428. The van der Waals surface area contributed by atoms with E-state index in [0.29, 0.717) is 13.2 Å². The van der Waals surface area contributed by atoms with Crippen molar-refractivity contribution in [1.82, 2.24) is 4.90 Å². The van der Waals surface area contributed by atoms with E-state index in [0.717, 1.165) is 34.7 Å². The molecular formula is C19H20NO2Y-. The molecule has 1 aromatic carbocycles. The van der Waals surface area contributed by atoms with Crippen molar-refractivity contribution in [3.63, 3.8) is 0 Å². The van der Waals surface area contributed by atoms with E-state index in [1.54, 1.807) is 13.2 Å². The number of rotatable bonds is 6. The molecule has 1 aromatic rings. The summed E-state index contributed by atoms with van der Waals surface area (Å²) < 4.78 is 10.6. The molecule has 4 heteroatoms. The Bertz CT molecular complexity index is 638. The second kappa shape index (κ2) is 9.72. The van der Waals surface area contributed by atoms with E-state index in [1.165, 1.54) is 0 Å². The summed E-state index contributed by atoms with van der Waals surface area (Å²) in [5, 5.41) is 0. The average molecular weight is 383 g/mol. The summed E-state index contributed by atoms with van der Waals surface area (Å²) in [6, 6.07) is 7.92. The van der Waals surface area contributed by atoms with Crippen LogP contribution in [0.4, 0.5) is 0 Å². The first-order chi connectivity index (χ1) is 10.7. The van der Waals surface area contributed by atoms with Crippen molar-refractivity contribution < 1.29 is 42.2 Å². The van der Waals surface area contributed by atoms with E-state index in [2.05, 4.69) is 18.6 Å². The smallest absolute Gasteiger partial charge is 0.117 e. The van der Waals surface area contributed by atoms with Gasteiger partial charge < -0.3 is 14.4 Å². The van der Waals surface area contributed by atoms with Gasteiger partial charge in [-0.05, 0) is 17.8 Å². The summed E-state index contributed by atoms with van der Waals surface area (Å²) in [6.07, 6.45) is 11.3. The number of benzene rings is 1. The summed E-state index contributed by atoms with van der Waals surface area (Å²) in [4.78, 5) is 1.95. The molecule has 0 atom stereocenters. The second-order valence-electron chi connectivity index (χ2n) is 4.92. The van der Waals surface area contributed by atoms with Gasteiger partial charge >= 0.3 is 0 Å². The van der Waals surface area contributed by atoms with Gasteiger partial charge in [-0.15, -0.1) is 24.5 Å². The molecule has 0 N–H and O–H groups in total. The Balaban J connectivity index is 0.00000264. The molecular weight excluding hydrogens is 363 g/mol. The van der Waals surface area contributed by atoms with Crippen LogP contribution in [-0.2, 0) is 37.4 Å². The minimum absolute atomic E-state index is 0. The molecule has 3 nitrogen and oxygen atoms in total. The van der Waals surface area contributed by atoms with E-state index in [4.69, 9.17) is 15.9 Å². The van der Waals surface area contributed by atoms with Gasteiger partial charge in [0.2, 0.25) is 0 Å². The first kappa shape index (κ1) is 19.7. The van der Waals surface area contributed by atoms with E-state index in [-0.39, 0.29) is 32.7 Å². The molecule has 0 unspecified atom stereocenters. The molecule has 1 heterocycles. The van der Waals surface area contributed by atoms with Crippen molar-refractivity contribution >= 4 is 5.70 Å². The zero-order valence-electron chi connectivity index (χ0n) is 13.6. The molecule has 1 radical (unpaired) electrons. The minimum Gasteiger partial charge on any atom is -0.494 e. The fourth-order valence-electron chi connectivity index (χ4n) is 2.14. The van der Waals surface area contributed by atoms with Crippen LogP contribution in [0.3, 0.4) is 0 Å². The fraction of sp³-hybridized carbons (Fsp3) is 0.263. The Morgan fingerprint density at radius 1 is 1.26 bits per heavy atom. The first-order valence-corrected chi connectivity index (χ1v) is 7.13. The predicted molar refractivity (Wildman–Crippen MR) is 88.9 cm³/mol. The van der Waals surface area contributed by atoms with E-state index >= 15 is 0 Å². The molecule has 0 spiro atoms. The van der Waals surface area contributed by atoms with Gasteiger partial charge in [-0.25, -0.2) is 0 Å². The molecule has 0 aromatic heterocycles. The molecule has 0 aliphatic carbocycles. The molecule has 0 fully saturated rings. The Kier molecular flexibility index (Phi) is 8.33. The van der Waals surface area contributed by atoms with Crippen LogP contribution in [0.1, 0.15) is 12.0 Å². The summed E-state index contributed by atoms with van der Waals surface area (Å²) >= 11 is 0.